The average molecular weight is 366 g/mol. The van der Waals surface area contributed by atoms with E-state index in [9.17, 15) is 14.0 Å². The summed E-state index contributed by atoms with van der Waals surface area (Å²) in [6.45, 7) is 3.14. The second kappa shape index (κ2) is 6.83. The monoisotopic (exact) mass is 366 g/mol. The Hall–Kier alpha value is -3.22. The van der Waals surface area contributed by atoms with Crippen LogP contribution in [0.1, 0.15) is 17.0 Å². The molecule has 1 amide bonds. The summed E-state index contributed by atoms with van der Waals surface area (Å²) >= 11 is 0. The molecule has 138 valence electrons. The minimum Gasteiger partial charge on any atom is -0.336 e. The van der Waals surface area contributed by atoms with Gasteiger partial charge in [0.1, 0.15) is 18.2 Å². The number of amides is 1. The number of carbonyl (C=O) groups is 1. The van der Waals surface area contributed by atoms with Crippen molar-refractivity contribution in [3.8, 4) is 5.69 Å². The third kappa shape index (κ3) is 3.40. The number of aromatic nitrogens is 3. The molecule has 7 heteroatoms. The number of pyridine rings is 1. The quantitative estimate of drug-likeness (QED) is 0.713. The summed E-state index contributed by atoms with van der Waals surface area (Å²) in [4.78, 5) is 31.0. The molecule has 6 nitrogen and oxygen atoms in total. The Kier molecular flexibility index (Phi) is 4.35. The molecule has 0 unspecified atom stereocenters. The van der Waals surface area contributed by atoms with Crippen molar-refractivity contribution in [3.63, 3.8) is 0 Å². The lowest BCUT2D eigenvalue weighted by Crippen LogP contribution is -2.39. The highest BCUT2D eigenvalue weighted by atomic mass is 19.1. The van der Waals surface area contributed by atoms with E-state index < -0.39 is 0 Å². The molecule has 4 rings (SSSR count). The van der Waals surface area contributed by atoms with E-state index in [1.807, 2.05) is 11.5 Å². The number of aryl methyl sites for hydroxylation is 1. The van der Waals surface area contributed by atoms with Crippen molar-refractivity contribution in [1.29, 1.82) is 0 Å². The molecular formula is C20H19FN4O2. The molecule has 0 fully saturated rings. The number of halogens is 1. The molecule has 0 N–H and O–H groups in total. The largest absolute Gasteiger partial charge is 0.336 e. The Morgan fingerprint density at radius 3 is 2.70 bits per heavy atom. The summed E-state index contributed by atoms with van der Waals surface area (Å²) in [5.41, 5.74) is 2.33. The molecule has 3 aromatic rings. The number of hydrogen-bond acceptors (Lipinski definition) is 3. The van der Waals surface area contributed by atoms with Gasteiger partial charge in [0.15, 0.2) is 0 Å². The lowest BCUT2D eigenvalue weighted by Gasteiger charge is -2.29. The normalized spacial score (nSPS) is 13.5. The van der Waals surface area contributed by atoms with E-state index in [0.717, 1.165) is 17.0 Å². The van der Waals surface area contributed by atoms with Crippen molar-refractivity contribution in [3.05, 3.63) is 82.0 Å². The SMILES string of the molecule is Cc1nccn1CC(=O)N1CCc2cc(=O)n(-c3ccc(F)cc3)cc2C1. The van der Waals surface area contributed by atoms with Crippen molar-refractivity contribution in [2.24, 2.45) is 0 Å². The smallest absolute Gasteiger partial charge is 0.255 e. The summed E-state index contributed by atoms with van der Waals surface area (Å²) in [6, 6.07) is 7.39. The van der Waals surface area contributed by atoms with Crippen LogP contribution in [0.4, 0.5) is 4.39 Å². The molecular weight excluding hydrogens is 347 g/mol. The van der Waals surface area contributed by atoms with Gasteiger partial charge in [-0.05, 0) is 48.7 Å². The standard InChI is InChI=1S/C20H19FN4O2/c1-14-22-7-9-23(14)13-20(27)24-8-6-15-10-19(26)25(12-16(15)11-24)18-4-2-17(21)3-5-18/h2-5,7,9-10,12H,6,8,11,13H2,1H3. The van der Waals surface area contributed by atoms with Gasteiger partial charge in [0.2, 0.25) is 5.91 Å². The van der Waals surface area contributed by atoms with Crippen molar-refractivity contribution in [2.75, 3.05) is 6.54 Å². The fourth-order valence-electron chi connectivity index (χ4n) is 3.36. The highest BCUT2D eigenvalue weighted by Gasteiger charge is 2.22. The minimum atomic E-state index is -0.351. The first-order valence-corrected chi connectivity index (χ1v) is 8.77. The van der Waals surface area contributed by atoms with Crippen LogP contribution >= 0.6 is 0 Å². The number of rotatable bonds is 3. The number of fused-ring (bicyclic) bond motifs is 1. The molecule has 0 saturated carbocycles. The minimum absolute atomic E-state index is 0.0151. The first-order chi connectivity index (χ1) is 13.0. The summed E-state index contributed by atoms with van der Waals surface area (Å²) in [5, 5.41) is 0. The highest BCUT2D eigenvalue weighted by Crippen LogP contribution is 2.19. The maximum absolute atomic E-state index is 13.2. The molecule has 0 radical (unpaired) electrons. The van der Waals surface area contributed by atoms with Crippen LogP contribution in [-0.2, 0) is 24.3 Å². The van der Waals surface area contributed by atoms with Crippen molar-refractivity contribution in [2.45, 2.75) is 26.4 Å². The van der Waals surface area contributed by atoms with Crippen molar-refractivity contribution in [1.82, 2.24) is 19.0 Å². The van der Waals surface area contributed by atoms with Gasteiger partial charge >= 0.3 is 0 Å². The average Bonchev–Trinajstić information content (AvgIpc) is 3.06. The molecule has 0 saturated heterocycles. The fraction of sp³-hybridized carbons (Fsp3) is 0.250. The van der Waals surface area contributed by atoms with Crippen LogP contribution in [-0.4, -0.2) is 31.5 Å². The molecule has 0 bridgehead atoms. The van der Waals surface area contributed by atoms with Crippen LogP contribution < -0.4 is 5.56 Å². The van der Waals surface area contributed by atoms with E-state index >= 15 is 0 Å². The summed E-state index contributed by atoms with van der Waals surface area (Å²) in [7, 11) is 0. The molecule has 2 aromatic heterocycles. The zero-order valence-corrected chi connectivity index (χ0v) is 14.9. The van der Waals surface area contributed by atoms with Gasteiger partial charge in [0, 0.05) is 43.4 Å². The lowest BCUT2D eigenvalue weighted by molar-refractivity contribution is -0.132. The highest BCUT2D eigenvalue weighted by molar-refractivity contribution is 5.76. The van der Waals surface area contributed by atoms with Gasteiger partial charge in [-0.3, -0.25) is 14.2 Å². The van der Waals surface area contributed by atoms with Gasteiger partial charge in [-0.2, -0.15) is 0 Å². The number of nitrogens with zero attached hydrogens (tertiary/aromatic N) is 4. The van der Waals surface area contributed by atoms with Gasteiger partial charge < -0.3 is 9.47 Å². The summed E-state index contributed by atoms with van der Waals surface area (Å²) in [6.07, 6.45) is 5.86. The van der Waals surface area contributed by atoms with E-state index in [1.165, 1.54) is 16.7 Å². The summed E-state index contributed by atoms with van der Waals surface area (Å²) in [5.74, 6) is 0.462. The predicted octanol–water partition coefficient (Wildman–Crippen LogP) is 2.07. The van der Waals surface area contributed by atoms with Crippen LogP contribution in [0.15, 0.2) is 53.7 Å². The van der Waals surface area contributed by atoms with Gasteiger partial charge in [-0.25, -0.2) is 9.37 Å². The van der Waals surface area contributed by atoms with Crippen LogP contribution in [0.25, 0.3) is 5.69 Å². The molecule has 1 aliphatic rings. The predicted molar refractivity (Wildman–Crippen MR) is 98.1 cm³/mol. The summed E-state index contributed by atoms with van der Waals surface area (Å²) < 4.78 is 16.5. The molecule has 27 heavy (non-hydrogen) atoms. The van der Waals surface area contributed by atoms with E-state index in [-0.39, 0.29) is 23.8 Å². The molecule has 0 atom stereocenters. The number of imidazole rings is 1. The zero-order chi connectivity index (χ0) is 19.0. The molecule has 1 aromatic carbocycles. The maximum atomic E-state index is 13.2. The van der Waals surface area contributed by atoms with Crippen molar-refractivity contribution >= 4 is 5.91 Å². The van der Waals surface area contributed by atoms with Gasteiger partial charge in [0.05, 0.1) is 0 Å². The zero-order valence-electron chi connectivity index (χ0n) is 14.9. The molecule has 1 aliphatic heterocycles. The first kappa shape index (κ1) is 17.2. The van der Waals surface area contributed by atoms with Gasteiger partial charge in [-0.1, -0.05) is 0 Å². The van der Waals surface area contributed by atoms with Crippen LogP contribution in [0.2, 0.25) is 0 Å². The van der Waals surface area contributed by atoms with E-state index in [1.54, 1.807) is 41.7 Å². The Morgan fingerprint density at radius 1 is 1.22 bits per heavy atom. The van der Waals surface area contributed by atoms with Crippen molar-refractivity contribution < 1.29 is 9.18 Å². The maximum Gasteiger partial charge on any atom is 0.255 e. The Balaban J connectivity index is 1.59. The lowest BCUT2D eigenvalue weighted by atomic mass is 10.0. The Labute approximate surface area is 155 Å². The number of benzene rings is 1. The Bertz CT molecular complexity index is 1050. The number of carbonyl (C=O) groups excluding carboxylic acids is 1. The van der Waals surface area contributed by atoms with E-state index in [4.69, 9.17) is 0 Å². The fourth-order valence-corrected chi connectivity index (χ4v) is 3.36. The van der Waals surface area contributed by atoms with Crippen LogP contribution in [0.5, 0.6) is 0 Å². The molecule has 0 spiro atoms. The molecule has 0 aliphatic carbocycles. The second-order valence-electron chi connectivity index (χ2n) is 6.68. The molecule has 3 heterocycles. The van der Waals surface area contributed by atoms with Crippen LogP contribution in [0, 0.1) is 12.7 Å². The van der Waals surface area contributed by atoms with E-state index in [2.05, 4.69) is 4.98 Å². The topological polar surface area (TPSA) is 60.1 Å². The second-order valence-corrected chi connectivity index (χ2v) is 6.68. The third-order valence-corrected chi connectivity index (χ3v) is 4.93. The third-order valence-electron chi connectivity index (χ3n) is 4.93. The first-order valence-electron chi connectivity index (χ1n) is 8.77. The Morgan fingerprint density at radius 2 is 2.00 bits per heavy atom. The van der Waals surface area contributed by atoms with E-state index in [0.29, 0.717) is 25.2 Å². The number of hydrogen-bond donors (Lipinski definition) is 0. The van der Waals surface area contributed by atoms with Gasteiger partial charge in [0.25, 0.3) is 5.56 Å². The van der Waals surface area contributed by atoms with Gasteiger partial charge in [-0.15, -0.1) is 0 Å². The van der Waals surface area contributed by atoms with Crippen LogP contribution in [0.3, 0.4) is 0 Å².